The van der Waals surface area contributed by atoms with Crippen LogP contribution < -0.4 is 0 Å². The van der Waals surface area contributed by atoms with Gasteiger partial charge in [-0.2, -0.15) is 0 Å². The second kappa shape index (κ2) is 8.62. The lowest BCUT2D eigenvalue weighted by Gasteiger charge is -2.29. The molecule has 0 unspecified atom stereocenters. The lowest BCUT2D eigenvalue weighted by molar-refractivity contribution is -0.168. The van der Waals surface area contributed by atoms with Crippen molar-refractivity contribution >= 4 is 30.2 Å². The zero-order chi connectivity index (χ0) is 17.5. The first-order chi connectivity index (χ1) is 11.5. The van der Waals surface area contributed by atoms with Crippen LogP contribution in [0.15, 0.2) is 0 Å². The smallest absolute Gasteiger partial charge is 0.327 e. The third-order valence-corrected chi connectivity index (χ3v) is 3.66. The standard InChI is InChI=1S/C14H19N3O7/c18-6-5-15(1-3-16-7-11(19)23-12(20)8-16)2-4-17-9-13(21)24-14(22)10-17/h6H,1-5,7-10H2. The van der Waals surface area contributed by atoms with Crippen molar-refractivity contribution in [1.82, 2.24) is 14.7 Å². The average Bonchev–Trinajstić information content (AvgIpc) is 2.48. The molecule has 132 valence electrons. The van der Waals surface area contributed by atoms with Gasteiger partial charge in [0.1, 0.15) is 6.29 Å². The van der Waals surface area contributed by atoms with Crippen molar-refractivity contribution in [1.29, 1.82) is 0 Å². The van der Waals surface area contributed by atoms with Crippen LogP contribution >= 0.6 is 0 Å². The maximum Gasteiger partial charge on any atom is 0.327 e. The molecule has 0 aliphatic carbocycles. The summed E-state index contributed by atoms with van der Waals surface area (Å²) in [5, 5.41) is 0. The second-order valence-electron chi connectivity index (χ2n) is 5.58. The fraction of sp³-hybridized carbons (Fsp3) is 0.643. The molecule has 10 heteroatoms. The molecule has 0 aromatic rings. The Bertz CT molecular complexity index is 462. The molecular formula is C14H19N3O7. The van der Waals surface area contributed by atoms with E-state index >= 15 is 0 Å². The van der Waals surface area contributed by atoms with Gasteiger partial charge in [0.2, 0.25) is 0 Å². The molecule has 2 aliphatic rings. The van der Waals surface area contributed by atoms with Crippen molar-refractivity contribution in [3.05, 3.63) is 0 Å². The predicted molar refractivity (Wildman–Crippen MR) is 77.6 cm³/mol. The first kappa shape index (κ1) is 18.2. The minimum absolute atomic E-state index is 0.0349. The highest BCUT2D eigenvalue weighted by Crippen LogP contribution is 2.03. The number of morpholine rings is 2. The molecule has 0 N–H and O–H groups in total. The van der Waals surface area contributed by atoms with Gasteiger partial charge >= 0.3 is 23.9 Å². The van der Waals surface area contributed by atoms with Crippen LogP contribution in [0.25, 0.3) is 0 Å². The van der Waals surface area contributed by atoms with Crippen molar-refractivity contribution in [2.45, 2.75) is 0 Å². The number of carbonyl (C=O) groups excluding carboxylic acids is 5. The molecule has 0 aromatic heterocycles. The summed E-state index contributed by atoms with van der Waals surface area (Å²) in [6.07, 6.45) is 0.755. The molecule has 2 rings (SSSR count). The normalized spacial score (nSPS) is 20.2. The summed E-state index contributed by atoms with van der Waals surface area (Å²) in [4.78, 5) is 60.8. The number of aldehydes is 1. The SMILES string of the molecule is O=CCN(CCN1CC(=O)OC(=O)C1)CCN1CC(=O)OC(=O)C1. The summed E-state index contributed by atoms with van der Waals surface area (Å²) >= 11 is 0. The molecule has 0 saturated carbocycles. The Morgan fingerprint density at radius 1 is 0.792 bits per heavy atom. The molecule has 2 aliphatic heterocycles. The lowest BCUT2D eigenvalue weighted by Crippen LogP contribution is -2.48. The summed E-state index contributed by atoms with van der Waals surface area (Å²) in [5.41, 5.74) is 0. The lowest BCUT2D eigenvalue weighted by atomic mass is 10.3. The van der Waals surface area contributed by atoms with E-state index < -0.39 is 23.9 Å². The Balaban J connectivity index is 1.77. The van der Waals surface area contributed by atoms with Crippen LogP contribution in [-0.2, 0) is 33.4 Å². The first-order valence-corrected chi connectivity index (χ1v) is 7.54. The molecule has 2 heterocycles. The molecule has 0 atom stereocenters. The summed E-state index contributed by atoms with van der Waals surface area (Å²) in [6.45, 7) is 2.10. The van der Waals surface area contributed by atoms with E-state index in [2.05, 4.69) is 9.47 Å². The van der Waals surface area contributed by atoms with E-state index in [0.29, 0.717) is 26.2 Å². The molecule has 0 spiro atoms. The monoisotopic (exact) mass is 341 g/mol. The predicted octanol–water partition coefficient (Wildman–Crippen LogP) is -2.74. The third-order valence-electron chi connectivity index (χ3n) is 3.66. The number of ether oxygens (including phenoxy) is 2. The van der Waals surface area contributed by atoms with E-state index in [1.165, 1.54) is 0 Å². The Kier molecular flexibility index (Phi) is 6.53. The van der Waals surface area contributed by atoms with Crippen molar-refractivity contribution in [2.24, 2.45) is 0 Å². The maximum atomic E-state index is 11.2. The molecule has 24 heavy (non-hydrogen) atoms. The molecule has 0 bridgehead atoms. The average molecular weight is 341 g/mol. The summed E-state index contributed by atoms with van der Waals surface area (Å²) in [7, 11) is 0. The minimum Gasteiger partial charge on any atom is -0.391 e. The van der Waals surface area contributed by atoms with Crippen LogP contribution in [0.1, 0.15) is 0 Å². The van der Waals surface area contributed by atoms with E-state index in [1.54, 1.807) is 9.80 Å². The van der Waals surface area contributed by atoms with E-state index in [-0.39, 0.29) is 32.7 Å². The Morgan fingerprint density at radius 3 is 1.50 bits per heavy atom. The number of rotatable bonds is 8. The van der Waals surface area contributed by atoms with Crippen LogP contribution in [-0.4, -0.2) is 104 Å². The second-order valence-corrected chi connectivity index (χ2v) is 5.58. The summed E-state index contributed by atoms with van der Waals surface area (Å²) in [5.74, 6) is -2.34. The quantitative estimate of drug-likeness (QED) is 0.262. The van der Waals surface area contributed by atoms with Crippen molar-refractivity contribution in [3.63, 3.8) is 0 Å². The number of esters is 4. The van der Waals surface area contributed by atoms with Crippen molar-refractivity contribution in [2.75, 3.05) is 58.9 Å². The molecule has 2 saturated heterocycles. The van der Waals surface area contributed by atoms with Crippen LogP contribution in [0.4, 0.5) is 0 Å². The van der Waals surface area contributed by atoms with Gasteiger partial charge in [-0.3, -0.25) is 33.9 Å². The van der Waals surface area contributed by atoms with Gasteiger partial charge in [0, 0.05) is 26.2 Å². The van der Waals surface area contributed by atoms with E-state index in [9.17, 15) is 24.0 Å². The van der Waals surface area contributed by atoms with Gasteiger partial charge in [0.25, 0.3) is 0 Å². The van der Waals surface area contributed by atoms with Crippen LogP contribution in [0, 0.1) is 0 Å². The number of hydrogen-bond acceptors (Lipinski definition) is 10. The highest BCUT2D eigenvalue weighted by Gasteiger charge is 2.26. The highest BCUT2D eigenvalue weighted by atomic mass is 16.6. The van der Waals surface area contributed by atoms with Gasteiger partial charge in [0.15, 0.2) is 0 Å². The fourth-order valence-corrected chi connectivity index (χ4v) is 2.51. The van der Waals surface area contributed by atoms with Gasteiger partial charge in [-0.1, -0.05) is 0 Å². The van der Waals surface area contributed by atoms with Crippen LogP contribution in [0.5, 0.6) is 0 Å². The largest absolute Gasteiger partial charge is 0.391 e. The zero-order valence-corrected chi connectivity index (χ0v) is 13.1. The third kappa shape index (κ3) is 5.80. The number of cyclic esters (lactones) is 4. The number of carbonyl (C=O) groups is 5. The fourth-order valence-electron chi connectivity index (χ4n) is 2.51. The summed E-state index contributed by atoms with van der Waals surface area (Å²) in [6, 6.07) is 0. The molecule has 10 nitrogen and oxygen atoms in total. The molecule has 0 amide bonds. The van der Waals surface area contributed by atoms with Gasteiger partial charge < -0.3 is 14.3 Å². The molecule has 2 fully saturated rings. The Morgan fingerprint density at radius 2 is 1.17 bits per heavy atom. The van der Waals surface area contributed by atoms with E-state index in [4.69, 9.17) is 0 Å². The highest BCUT2D eigenvalue weighted by molar-refractivity contribution is 5.90. The minimum atomic E-state index is -0.585. The first-order valence-electron chi connectivity index (χ1n) is 7.54. The van der Waals surface area contributed by atoms with E-state index in [1.807, 2.05) is 4.90 Å². The van der Waals surface area contributed by atoms with Gasteiger partial charge in [-0.05, 0) is 0 Å². The van der Waals surface area contributed by atoms with Gasteiger partial charge in [-0.15, -0.1) is 0 Å². The topological polar surface area (TPSA) is 114 Å². The maximum absolute atomic E-state index is 11.2. The van der Waals surface area contributed by atoms with Crippen molar-refractivity contribution in [3.8, 4) is 0 Å². The Labute approximate surface area is 138 Å². The van der Waals surface area contributed by atoms with Crippen LogP contribution in [0.3, 0.4) is 0 Å². The van der Waals surface area contributed by atoms with Crippen molar-refractivity contribution < 1.29 is 33.4 Å². The zero-order valence-electron chi connectivity index (χ0n) is 13.1. The molecule has 0 aromatic carbocycles. The van der Waals surface area contributed by atoms with Gasteiger partial charge in [-0.25, -0.2) is 0 Å². The molecule has 0 radical (unpaired) electrons. The van der Waals surface area contributed by atoms with Crippen LogP contribution in [0.2, 0.25) is 0 Å². The van der Waals surface area contributed by atoms with E-state index in [0.717, 1.165) is 6.29 Å². The molecular weight excluding hydrogens is 322 g/mol. The van der Waals surface area contributed by atoms with Gasteiger partial charge in [0.05, 0.1) is 32.7 Å². The summed E-state index contributed by atoms with van der Waals surface area (Å²) < 4.78 is 8.89. The Hall–Kier alpha value is -2.17. The number of hydrogen-bond donors (Lipinski definition) is 0. The number of nitrogens with zero attached hydrogens (tertiary/aromatic N) is 3.